The lowest BCUT2D eigenvalue weighted by atomic mass is 9.93. The minimum Gasteiger partial charge on any atom is -0.436 e. The molecule has 0 unspecified atom stereocenters. The molecule has 0 atom stereocenters. The Hall–Kier alpha value is -4.90. The summed E-state index contributed by atoms with van der Waals surface area (Å²) in [5.74, 6) is 1.15. The zero-order valence-electron chi connectivity index (χ0n) is 27.3. The van der Waals surface area contributed by atoms with Gasteiger partial charge in [0.25, 0.3) is 5.56 Å². The third-order valence-corrected chi connectivity index (χ3v) is 9.82. The molecule has 2 fully saturated rings. The Morgan fingerprint density at radius 3 is 2.48 bits per heavy atom. The number of benzene rings is 2. The molecule has 8 rings (SSSR count). The molecule has 2 saturated heterocycles. The highest BCUT2D eigenvalue weighted by molar-refractivity contribution is 5.91. The molecule has 0 saturated carbocycles. The fraction of sp³-hybridized carbons (Fsp3) is 0.316. The number of likely N-dealkylation sites (tertiary alicyclic amines) is 2. The highest BCUT2D eigenvalue weighted by Crippen LogP contribution is 2.37. The predicted octanol–water partition coefficient (Wildman–Crippen LogP) is 5.90. The van der Waals surface area contributed by atoms with Crippen LogP contribution >= 0.6 is 0 Å². The molecule has 0 bridgehead atoms. The second-order valence-corrected chi connectivity index (χ2v) is 13.1. The Labute approximate surface area is 278 Å². The molecule has 2 N–H and O–H groups in total. The normalized spacial score (nSPS) is 15.8. The lowest BCUT2D eigenvalue weighted by Gasteiger charge is -2.35. The van der Waals surface area contributed by atoms with Crippen LogP contribution in [0.4, 0.5) is 11.5 Å². The number of pyridine rings is 3. The maximum atomic E-state index is 13.3. The number of anilines is 2. The van der Waals surface area contributed by atoms with E-state index in [2.05, 4.69) is 63.2 Å². The van der Waals surface area contributed by atoms with Crippen molar-refractivity contribution < 1.29 is 9.52 Å². The molecule has 0 aliphatic carbocycles. The van der Waals surface area contributed by atoms with E-state index in [0.29, 0.717) is 43.2 Å². The number of nitrogens with one attached hydrogen (secondary N) is 1. The van der Waals surface area contributed by atoms with Gasteiger partial charge in [-0.3, -0.25) is 19.6 Å². The minimum atomic E-state index is -0.264. The third kappa shape index (κ3) is 5.76. The average molecular weight is 642 g/mol. The van der Waals surface area contributed by atoms with Gasteiger partial charge in [-0.25, -0.2) is 9.97 Å². The number of hydrogen-bond acceptors (Lipinski definition) is 9. The molecule has 10 nitrogen and oxygen atoms in total. The lowest BCUT2D eigenvalue weighted by Crippen LogP contribution is -2.51. The van der Waals surface area contributed by atoms with Gasteiger partial charge in [0, 0.05) is 68.0 Å². The fourth-order valence-electron chi connectivity index (χ4n) is 7.06. The first kappa shape index (κ1) is 30.4. The van der Waals surface area contributed by atoms with Gasteiger partial charge in [0.2, 0.25) is 5.89 Å². The molecule has 6 aromatic rings. The Bertz CT molecular complexity index is 2200. The van der Waals surface area contributed by atoms with E-state index in [9.17, 15) is 9.90 Å². The number of oxazole rings is 1. The van der Waals surface area contributed by atoms with E-state index in [1.165, 1.54) is 18.4 Å². The summed E-state index contributed by atoms with van der Waals surface area (Å²) in [5.41, 5.74) is 8.71. The van der Waals surface area contributed by atoms with Crippen LogP contribution in [-0.2, 0) is 13.1 Å². The number of rotatable bonds is 9. The van der Waals surface area contributed by atoms with Crippen molar-refractivity contribution in [2.24, 2.45) is 0 Å². The average Bonchev–Trinajstić information content (AvgIpc) is 3.75. The number of β-amino-alcohol motifs (C(OH)–C–C–N with tert-alkyl or cyclic N) is 1. The van der Waals surface area contributed by atoms with Crippen LogP contribution in [0.25, 0.3) is 44.6 Å². The first-order valence-electron chi connectivity index (χ1n) is 16.7. The summed E-state index contributed by atoms with van der Waals surface area (Å²) in [7, 11) is 0. The molecule has 10 heteroatoms. The van der Waals surface area contributed by atoms with E-state index in [1.807, 2.05) is 36.7 Å². The molecule has 0 radical (unpaired) electrons. The Kier molecular flexibility index (Phi) is 7.99. The first-order chi connectivity index (χ1) is 23.4. The van der Waals surface area contributed by atoms with Gasteiger partial charge in [0.05, 0.1) is 6.10 Å². The van der Waals surface area contributed by atoms with Gasteiger partial charge in [0.1, 0.15) is 5.52 Å². The van der Waals surface area contributed by atoms with E-state index in [1.54, 1.807) is 16.8 Å². The first-order valence-corrected chi connectivity index (χ1v) is 16.7. The van der Waals surface area contributed by atoms with Crippen LogP contribution in [0.3, 0.4) is 0 Å². The molecule has 48 heavy (non-hydrogen) atoms. The number of fused-ring (bicyclic) bond motifs is 2. The maximum Gasteiger partial charge on any atom is 0.280 e. The Morgan fingerprint density at radius 1 is 0.896 bits per heavy atom. The van der Waals surface area contributed by atoms with Crippen molar-refractivity contribution in [1.29, 1.82) is 0 Å². The summed E-state index contributed by atoms with van der Waals surface area (Å²) in [5, 5.41) is 14.2. The summed E-state index contributed by atoms with van der Waals surface area (Å²) < 4.78 is 7.82. The molecule has 2 aromatic carbocycles. The van der Waals surface area contributed by atoms with Gasteiger partial charge in [0.15, 0.2) is 16.9 Å². The number of aliphatic hydroxyl groups excluding tert-OH is 1. The minimum absolute atomic E-state index is 0.175. The van der Waals surface area contributed by atoms with Crippen LogP contribution in [0, 0.1) is 13.8 Å². The van der Waals surface area contributed by atoms with Crippen molar-refractivity contribution >= 4 is 33.5 Å². The zero-order valence-corrected chi connectivity index (χ0v) is 27.3. The summed E-state index contributed by atoms with van der Waals surface area (Å²) in [6.45, 7) is 9.95. The van der Waals surface area contributed by atoms with Gasteiger partial charge < -0.3 is 19.4 Å². The van der Waals surface area contributed by atoms with Gasteiger partial charge >= 0.3 is 0 Å². The quantitative estimate of drug-likeness (QED) is 0.199. The van der Waals surface area contributed by atoms with Gasteiger partial charge in [-0.15, -0.1) is 0 Å². The topological polar surface area (TPSA) is 113 Å². The highest BCUT2D eigenvalue weighted by Gasteiger charge is 2.24. The second kappa shape index (κ2) is 12.6. The van der Waals surface area contributed by atoms with Crippen molar-refractivity contribution in [1.82, 2.24) is 29.3 Å². The number of nitrogens with zero attached hydrogens (tertiary/aromatic N) is 6. The summed E-state index contributed by atoms with van der Waals surface area (Å²) in [4.78, 5) is 32.1. The van der Waals surface area contributed by atoms with E-state index >= 15 is 0 Å². The largest absolute Gasteiger partial charge is 0.436 e. The second-order valence-electron chi connectivity index (χ2n) is 13.1. The number of hydrogen-bond donors (Lipinski definition) is 2. The zero-order chi connectivity index (χ0) is 32.8. The molecule has 2 aliphatic rings. The third-order valence-electron chi connectivity index (χ3n) is 9.82. The summed E-state index contributed by atoms with van der Waals surface area (Å²) >= 11 is 0. The van der Waals surface area contributed by atoms with Gasteiger partial charge in [-0.1, -0.05) is 24.3 Å². The van der Waals surface area contributed by atoms with E-state index in [-0.39, 0.29) is 11.7 Å². The van der Waals surface area contributed by atoms with Crippen LogP contribution in [0.1, 0.15) is 29.5 Å². The van der Waals surface area contributed by atoms with Gasteiger partial charge in [-0.2, -0.15) is 0 Å². The Balaban J connectivity index is 1.07. The van der Waals surface area contributed by atoms with Gasteiger partial charge in [-0.05, 0) is 97.9 Å². The van der Waals surface area contributed by atoms with E-state index in [4.69, 9.17) is 9.40 Å². The number of aromatic nitrogens is 4. The number of aliphatic hydroxyl groups is 1. The molecular weight excluding hydrogens is 602 g/mol. The van der Waals surface area contributed by atoms with Crippen molar-refractivity contribution in [3.63, 3.8) is 0 Å². The van der Waals surface area contributed by atoms with Crippen LogP contribution in [0.2, 0.25) is 0 Å². The van der Waals surface area contributed by atoms with Crippen LogP contribution < -0.4 is 10.9 Å². The molecule has 2 aliphatic heterocycles. The van der Waals surface area contributed by atoms with E-state index < -0.39 is 0 Å². The van der Waals surface area contributed by atoms with Crippen LogP contribution in [0.15, 0.2) is 82.4 Å². The predicted molar refractivity (Wildman–Crippen MR) is 188 cm³/mol. The smallest absolute Gasteiger partial charge is 0.280 e. The van der Waals surface area contributed by atoms with Crippen LogP contribution in [0.5, 0.6) is 0 Å². The standard InChI is InChI=1S/C38H39N7O3/c1-24-29(7-5-9-31(24)37-42-35-33(48-37)12-16-45(38(35)47)18-17-44-22-28(46)23-44)30-8-6-10-32(25(30)2)41-36-34-27(11-13-39-36)19-26(20-40-34)21-43-14-3-4-15-43/h5-13,16,19-20,28,46H,3-4,14-15,17-18,21-23H2,1-2H3,(H,39,41). The van der Waals surface area contributed by atoms with Crippen molar-refractivity contribution in [3.05, 3.63) is 100 Å². The lowest BCUT2D eigenvalue weighted by molar-refractivity contribution is 0.000423. The summed E-state index contributed by atoms with van der Waals surface area (Å²) in [6.07, 6.45) is 7.86. The van der Waals surface area contributed by atoms with Crippen LogP contribution in [-0.4, -0.2) is 73.3 Å². The molecule has 6 heterocycles. The summed E-state index contributed by atoms with van der Waals surface area (Å²) in [6, 6.07) is 18.4. The fourth-order valence-corrected chi connectivity index (χ4v) is 7.06. The maximum absolute atomic E-state index is 13.3. The Morgan fingerprint density at radius 2 is 1.67 bits per heavy atom. The highest BCUT2D eigenvalue weighted by atomic mass is 16.3. The molecule has 0 amide bonds. The SMILES string of the molecule is Cc1c(Nc2nccc3cc(CN4CCCC4)cnc23)cccc1-c1cccc(-c2nc3c(=O)n(CCN4CC(O)C4)ccc3o2)c1C. The molecule has 4 aromatic heterocycles. The monoisotopic (exact) mass is 641 g/mol. The van der Waals surface area contributed by atoms with Crippen molar-refractivity contribution in [2.45, 2.75) is 45.9 Å². The molecule has 244 valence electrons. The van der Waals surface area contributed by atoms with E-state index in [0.717, 1.165) is 69.9 Å². The molecular formula is C38H39N7O3. The molecule has 0 spiro atoms. The van der Waals surface area contributed by atoms with Crippen molar-refractivity contribution in [2.75, 3.05) is 38.0 Å². The van der Waals surface area contributed by atoms with Crippen molar-refractivity contribution in [3.8, 4) is 22.6 Å².